The van der Waals surface area contributed by atoms with Crippen molar-refractivity contribution in [1.82, 2.24) is 0 Å². The Morgan fingerprint density at radius 2 is 2.08 bits per heavy atom. The summed E-state index contributed by atoms with van der Waals surface area (Å²) < 4.78 is 8.97. The second-order valence-corrected chi connectivity index (χ2v) is 2.21. The van der Waals surface area contributed by atoms with E-state index in [9.17, 15) is 9.59 Å². The highest BCUT2D eigenvalue weighted by atomic mass is 16.7. The Hall–Kier alpha value is -1.84. The summed E-state index contributed by atoms with van der Waals surface area (Å²) in [7, 11) is 1.20. The van der Waals surface area contributed by atoms with E-state index in [4.69, 9.17) is 4.74 Å². The van der Waals surface area contributed by atoms with Crippen LogP contribution in [0.25, 0.3) is 0 Å². The molecule has 0 bridgehead atoms. The highest BCUT2D eigenvalue weighted by molar-refractivity contribution is 5.80. The normalized spacial score (nSPS) is 9.00. The van der Waals surface area contributed by atoms with E-state index in [0.717, 1.165) is 0 Å². The van der Waals surface area contributed by atoms with Gasteiger partial charge in [-0.2, -0.15) is 0 Å². The molecule has 0 saturated heterocycles. The topological polar surface area (TPSA) is 52.6 Å². The fourth-order valence-corrected chi connectivity index (χ4v) is 0.802. The van der Waals surface area contributed by atoms with Crippen molar-refractivity contribution in [2.75, 3.05) is 7.11 Å². The minimum absolute atomic E-state index is 0.198. The SMILES string of the molecule is COC(=O)Oc1ccccc1C=O. The molecule has 4 heteroatoms. The molecular weight excluding hydrogens is 172 g/mol. The minimum Gasteiger partial charge on any atom is -0.437 e. The summed E-state index contributed by atoms with van der Waals surface area (Å²) in [6.07, 6.45) is -0.229. The van der Waals surface area contributed by atoms with Gasteiger partial charge in [0, 0.05) is 0 Å². The molecule has 1 aromatic carbocycles. The smallest absolute Gasteiger partial charge is 0.437 e. The standard InChI is InChI=1S/C9H8O4/c1-12-9(11)13-8-5-3-2-4-7(8)6-10/h2-6H,1H3. The number of rotatable bonds is 2. The van der Waals surface area contributed by atoms with Crippen molar-refractivity contribution in [3.63, 3.8) is 0 Å². The van der Waals surface area contributed by atoms with Gasteiger partial charge in [-0.1, -0.05) is 12.1 Å². The maximum absolute atomic E-state index is 10.7. The summed E-state index contributed by atoms with van der Waals surface area (Å²) in [4.78, 5) is 21.2. The lowest BCUT2D eigenvalue weighted by molar-refractivity contribution is 0.111. The molecule has 1 rings (SSSR count). The molecule has 0 saturated carbocycles. The molecule has 4 nitrogen and oxygen atoms in total. The first-order valence-electron chi connectivity index (χ1n) is 3.58. The van der Waals surface area contributed by atoms with Crippen LogP contribution in [0.15, 0.2) is 24.3 Å². The van der Waals surface area contributed by atoms with Crippen LogP contribution < -0.4 is 4.74 Å². The molecule has 0 N–H and O–H groups in total. The number of methoxy groups -OCH3 is 1. The number of carbonyl (C=O) groups excluding carboxylic acids is 2. The van der Waals surface area contributed by atoms with Gasteiger partial charge in [0.25, 0.3) is 0 Å². The zero-order valence-electron chi connectivity index (χ0n) is 7.02. The Bertz CT molecular complexity index is 319. The van der Waals surface area contributed by atoms with Gasteiger partial charge < -0.3 is 9.47 Å². The lowest BCUT2D eigenvalue weighted by Crippen LogP contribution is -2.08. The average molecular weight is 180 g/mol. The van der Waals surface area contributed by atoms with E-state index >= 15 is 0 Å². The van der Waals surface area contributed by atoms with Gasteiger partial charge in [-0.15, -0.1) is 0 Å². The third-order valence-corrected chi connectivity index (χ3v) is 1.41. The van der Waals surface area contributed by atoms with Gasteiger partial charge in [-0.25, -0.2) is 4.79 Å². The van der Waals surface area contributed by atoms with Crippen molar-refractivity contribution >= 4 is 12.4 Å². The fourth-order valence-electron chi connectivity index (χ4n) is 0.802. The third kappa shape index (κ3) is 2.30. The number of ether oxygens (including phenoxy) is 2. The number of hydrogen-bond acceptors (Lipinski definition) is 4. The molecule has 0 aliphatic rings. The number of para-hydroxylation sites is 1. The van der Waals surface area contributed by atoms with Crippen LogP contribution in [0.3, 0.4) is 0 Å². The van der Waals surface area contributed by atoms with E-state index in [1.54, 1.807) is 18.2 Å². The molecule has 0 amide bonds. The second kappa shape index (κ2) is 4.25. The summed E-state index contributed by atoms with van der Waals surface area (Å²) in [6.45, 7) is 0. The van der Waals surface area contributed by atoms with E-state index in [-0.39, 0.29) is 5.75 Å². The third-order valence-electron chi connectivity index (χ3n) is 1.41. The Balaban J connectivity index is 2.87. The number of hydrogen-bond donors (Lipinski definition) is 0. The zero-order chi connectivity index (χ0) is 9.68. The van der Waals surface area contributed by atoms with Crippen molar-refractivity contribution in [2.45, 2.75) is 0 Å². The van der Waals surface area contributed by atoms with Gasteiger partial charge in [-0.3, -0.25) is 4.79 Å². The van der Waals surface area contributed by atoms with Gasteiger partial charge in [0.2, 0.25) is 0 Å². The highest BCUT2D eigenvalue weighted by Crippen LogP contribution is 2.15. The second-order valence-electron chi connectivity index (χ2n) is 2.21. The molecule has 0 unspecified atom stereocenters. The molecule has 0 atom stereocenters. The monoisotopic (exact) mass is 180 g/mol. The highest BCUT2D eigenvalue weighted by Gasteiger charge is 2.06. The van der Waals surface area contributed by atoms with Gasteiger partial charge in [-0.05, 0) is 12.1 Å². The molecule has 0 heterocycles. The summed E-state index contributed by atoms with van der Waals surface area (Å²) in [6, 6.07) is 6.39. The first-order valence-corrected chi connectivity index (χ1v) is 3.58. The molecule has 0 aliphatic carbocycles. The van der Waals surface area contributed by atoms with Gasteiger partial charge >= 0.3 is 6.16 Å². The number of benzene rings is 1. The fraction of sp³-hybridized carbons (Fsp3) is 0.111. The molecule has 0 spiro atoms. The van der Waals surface area contributed by atoms with Crippen molar-refractivity contribution in [1.29, 1.82) is 0 Å². The number of aldehydes is 1. The summed E-state index contributed by atoms with van der Waals surface area (Å²) in [5.74, 6) is 0.198. The van der Waals surface area contributed by atoms with Crippen LogP contribution in [0.2, 0.25) is 0 Å². The van der Waals surface area contributed by atoms with E-state index < -0.39 is 6.16 Å². The predicted molar refractivity (Wildman–Crippen MR) is 44.9 cm³/mol. The summed E-state index contributed by atoms with van der Waals surface area (Å²) in [5, 5.41) is 0. The van der Waals surface area contributed by atoms with E-state index in [1.807, 2.05) is 0 Å². The largest absolute Gasteiger partial charge is 0.513 e. The van der Waals surface area contributed by atoms with Crippen LogP contribution in [0.1, 0.15) is 10.4 Å². The molecule has 0 fully saturated rings. The molecule has 68 valence electrons. The Morgan fingerprint density at radius 1 is 1.38 bits per heavy atom. The van der Waals surface area contributed by atoms with Crippen LogP contribution >= 0.6 is 0 Å². The average Bonchev–Trinajstić information content (AvgIpc) is 2.18. The van der Waals surface area contributed by atoms with Gasteiger partial charge in [0.1, 0.15) is 5.75 Å². The Morgan fingerprint density at radius 3 is 2.69 bits per heavy atom. The van der Waals surface area contributed by atoms with Crippen molar-refractivity contribution in [2.24, 2.45) is 0 Å². The van der Waals surface area contributed by atoms with Crippen molar-refractivity contribution in [3.8, 4) is 5.75 Å². The maximum Gasteiger partial charge on any atom is 0.513 e. The van der Waals surface area contributed by atoms with Crippen LogP contribution in [-0.4, -0.2) is 19.6 Å². The van der Waals surface area contributed by atoms with Gasteiger partial charge in [0.15, 0.2) is 6.29 Å². The summed E-state index contributed by atoms with van der Waals surface area (Å²) in [5.41, 5.74) is 0.313. The Labute approximate surface area is 75.1 Å². The molecule has 0 radical (unpaired) electrons. The first-order chi connectivity index (χ1) is 6.27. The molecule has 13 heavy (non-hydrogen) atoms. The van der Waals surface area contributed by atoms with Crippen LogP contribution in [0.4, 0.5) is 4.79 Å². The molecule has 1 aromatic rings. The summed E-state index contributed by atoms with van der Waals surface area (Å²) >= 11 is 0. The quantitative estimate of drug-likeness (QED) is 0.394. The first kappa shape index (κ1) is 9.25. The van der Waals surface area contributed by atoms with Crippen LogP contribution in [-0.2, 0) is 4.74 Å². The lowest BCUT2D eigenvalue weighted by atomic mass is 10.2. The Kier molecular flexibility index (Phi) is 3.03. The van der Waals surface area contributed by atoms with E-state index in [0.29, 0.717) is 11.8 Å². The molecule has 0 aromatic heterocycles. The molecule has 0 aliphatic heterocycles. The van der Waals surface area contributed by atoms with Crippen LogP contribution in [0.5, 0.6) is 5.75 Å². The van der Waals surface area contributed by atoms with Crippen LogP contribution in [0, 0.1) is 0 Å². The zero-order valence-corrected chi connectivity index (χ0v) is 7.02. The van der Waals surface area contributed by atoms with E-state index in [1.165, 1.54) is 13.2 Å². The van der Waals surface area contributed by atoms with Crippen molar-refractivity contribution in [3.05, 3.63) is 29.8 Å². The molecular formula is C9H8O4. The van der Waals surface area contributed by atoms with E-state index in [2.05, 4.69) is 4.74 Å². The minimum atomic E-state index is -0.839. The van der Waals surface area contributed by atoms with Crippen molar-refractivity contribution < 1.29 is 19.1 Å². The number of carbonyl (C=O) groups is 2. The lowest BCUT2D eigenvalue weighted by Gasteiger charge is -2.03. The van der Waals surface area contributed by atoms with Gasteiger partial charge in [0.05, 0.1) is 12.7 Å². The predicted octanol–water partition coefficient (Wildman–Crippen LogP) is 1.64. The maximum atomic E-state index is 10.7.